The molecule has 0 unspecified atom stereocenters. The number of nitrogens with zero attached hydrogens (tertiary/aromatic N) is 1. The van der Waals surface area contributed by atoms with Crippen molar-refractivity contribution in [3.63, 3.8) is 0 Å². The van der Waals surface area contributed by atoms with Crippen LogP contribution in [0.5, 0.6) is 0 Å². The highest BCUT2D eigenvalue weighted by Gasteiger charge is 2.14. The molecule has 6 nitrogen and oxygen atoms in total. The summed E-state index contributed by atoms with van der Waals surface area (Å²) in [6, 6.07) is 5.49. The Labute approximate surface area is 94.9 Å². The van der Waals surface area contributed by atoms with Crippen molar-refractivity contribution in [1.29, 1.82) is 0 Å². The van der Waals surface area contributed by atoms with Crippen LogP contribution in [0.1, 0.15) is 0 Å². The van der Waals surface area contributed by atoms with E-state index in [1.807, 2.05) is 12.1 Å². The Bertz CT molecular complexity index is 715. The molecule has 6 heteroatoms. The molecular formula is C11H10N2O4. The number of carbonyl (C=O) groups excluding carboxylic acids is 2. The highest BCUT2D eigenvalue weighted by molar-refractivity contribution is 6.48. The number of ketones is 1. The average Bonchev–Trinajstić information content (AvgIpc) is 2.68. The summed E-state index contributed by atoms with van der Waals surface area (Å²) >= 11 is 0. The predicted molar refractivity (Wildman–Crippen MR) is 60.8 cm³/mol. The Morgan fingerprint density at radius 2 is 1.82 bits per heavy atom. The number of benzene rings is 1. The molecule has 1 aliphatic rings. The van der Waals surface area contributed by atoms with Crippen LogP contribution in [0.15, 0.2) is 29.4 Å². The Morgan fingerprint density at radius 1 is 1.06 bits per heavy atom. The smallest absolute Gasteiger partial charge is 0.318 e. The molecule has 0 atom stereocenters. The third kappa shape index (κ3) is 1.75. The maximum atomic E-state index is 11.2. The number of rotatable bonds is 0. The van der Waals surface area contributed by atoms with Gasteiger partial charge in [0.2, 0.25) is 5.78 Å². The fraction of sp³-hybridized carbons (Fsp3) is 0. The SMILES string of the molecule is O.O.O=C1C=c2ccc3[nH]ccc3c2=NC1=O. The largest absolute Gasteiger partial charge is 0.412 e. The van der Waals surface area contributed by atoms with Crippen molar-refractivity contribution in [2.45, 2.75) is 0 Å². The van der Waals surface area contributed by atoms with Gasteiger partial charge in [0.15, 0.2) is 0 Å². The van der Waals surface area contributed by atoms with Crippen LogP contribution < -0.4 is 10.6 Å². The Balaban J connectivity index is 0.000000722. The number of carbonyl (C=O) groups is 2. The molecule has 0 saturated heterocycles. The molecule has 1 aliphatic heterocycles. The van der Waals surface area contributed by atoms with Gasteiger partial charge in [-0.05, 0) is 12.1 Å². The molecule has 2 aromatic rings. The number of hydrogen-bond donors (Lipinski definition) is 1. The van der Waals surface area contributed by atoms with Gasteiger partial charge in [0.05, 0.1) is 5.36 Å². The summed E-state index contributed by atoms with van der Waals surface area (Å²) in [5, 5.41) is 2.15. The van der Waals surface area contributed by atoms with Gasteiger partial charge >= 0.3 is 5.91 Å². The van der Waals surface area contributed by atoms with Crippen LogP contribution in [0.25, 0.3) is 17.0 Å². The molecule has 0 radical (unpaired) electrons. The number of aromatic nitrogens is 1. The maximum Gasteiger partial charge on any atom is 0.318 e. The van der Waals surface area contributed by atoms with Crippen molar-refractivity contribution in [3.05, 3.63) is 35.0 Å². The van der Waals surface area contributed by atoms with E-state index in [0.29, 0.717) is 10.6 Å². The molecule has 0 spiro atoms. The average molecular weight is 234 g/mol. The second kappa shape index (κ2) is 4.28. The Kier molecular flexibility index (Phi) is 3.21. The third-order valence-electron chi connectivity index (χ3n) is 2.45. The van der Waals surface area contributed by atoms with E-state index in [-0.39, 0.29) is 11.0 Å². The highest BCUT2D eigenvalue weighted by atomic mass is 16.2. The topological polar surface area (TPSA) is 125 Å². The molecule has 17 heavy (non-hydrogen) atoms. The Morgan fingerprint density at radius 3 is 2.59 bits per heavy atom. The monoisotopic (exact) mass is 234 g/mol. The van der Waals surface area contributed by atoms with E-state index in [2.05, 4.69) is 9.98 Å². The second-order valence-corrected chi connectivity index (χ2v) is 3.37. The van der Waals surface area contributed by atoms with Crippen LogP contribution in [-0.4, -0.2) is 27.6 Å². The standard InChI is InChI=1S/C11H6N2O2.2H2O/c14-9-5-6-1-2-8-7(3-4-12-8)10(6)13-11(9)15;;/h1-5,12H;2*1H2. The fourth-order valence-electron chi connectivity index (χ4n) is 1.74. The summed E-state index contributed by atoms with van der Waals surface area (Å²) < 4.78 is 0. The molecule has 1 aromatic carbocycles. The lowest BCUT2D eigenvalue weighted by molar-refractivity contribution is -0.132. The van der Waals surface area contributed by atoms with Gasteiger partial charge in [-0.3, -0.25) is 9.59 Å². The summed E-state index contributed by atoms with van der Waals surface area (Å²) in [5.74, 6) is -1.26. The minimum absolute atomic E-state index is 0. The number of hydrogen-bond acceptors (Lipinski definition) is 2. The lowest BCUT2D eigenvalue weighted by Crippen LogP contribution is -2.34. The van der Waals surface area contributed by atoms with Crippen LogP contribution >= 0.6 is 0 Å². The molecular weight excluding hydrogens is 224 g/mol. The molecule has 1 amide bonds. The molecule has 0 bridgehead atoms. The van der Waals surface area contributed by atoms with E-state index in [4.69, 9.17) is 0 Å². The van der Waals surface area contributed by atoms with Crippen molar-refractivity contribution in [3.8, 4) is 0 Å². The molecule has 3 rings (SSSR count). The zero-order valence-corrected chi connectivity index (χ0v) is 8.65. The summed E-state index contributed by atoms with van der Waals surface area (Å²) in [7, 11) is 0. The lowest BCUT2D eigenvalue weighted by atomic mass is 10.1. The quantitative estimate of drug-likeness (QED) is 0.531. The Hall–Kier alpha value is -2.31. The van der Waals surface area contributed by atoms with Gasteiger partial charge in [0, 0.05) is 28.4 Å². The van der Waals surface area contributed by atoms with E-state index in [9.17, 15) is 9.59 Å². The van der Waals surface area contributed by atoms with Gasteiger partial charge in [-0.1, -0.05) is 6.07 Å². The first-order valence-corrected chi connectivity index (χ1v) is 4.50. The van der Waals surface area contributed by atoms with Gasteiger partial charge in [0.25, 0.3) is 0 Å². The number of fused-ring (bicyclic) bond motifs is 3. The normalized spacial score (nSPS) is 12.9. The first-order valence-electron chi connectivity index (χ1n) is 4.50. The van der Waals surface area contributed by atoms with Gasteiger partial charge in [-0.15, -0.1) is 0 Å². The number of nitrogens with one attached hydrogen (secondary N) is 1. The maximum absolute atomic E-state index is 11.2. The van der Waals surface area contributed by atoms with Crippen molar-refractivity contribution in [2.24, 2.45) is 4.99 Å². The van der Waals surface area contributed by atoms with E-state index < -0.39 is 11.7 Å². The highest BCUT2D eigenvalue weighted by Crippen LogP contribution is 2.04. The predicted octanol–water partition coefficient (Wildman–Crippen LogP) is -1.97. The van der Waals surface area contributed by atoms with Gasteiger partial charge in [0.1, 0.15) is 0 Å². The molecule has 0 aliphatic carbocycles. The van der Waals surface area contributed by atoms with E-state index in [0.717, 1.165) is 10.9 Å². The van der Waals surface area contributed by atoms with E-state index >= 15 is 0 Å². The zero-order chi connectivity index (χ0) is 10.4. The zero-order valence-electron chi connectivity index (χ0n) is 8.65. The van der Waals surface area contributed by atoms with Crippen molar-refractivity contribution in [2.75, 3.05) is 0 Å². The van der Waals surface area contributed by atoms with Gasteiger partial charge in [-0.2, -0.15) is 0 Å². The molecule has 0 fully saturated rings. The van der Waals surface area contributed by atoms with E-state index in [1.54, 1.807) is 12.3 Å². The second-order valence-electron chi connectivity index (χ2n) is 3.37. The summed E-state index contributed by atoms with van der Waals surface area (Å²) in [4.78, 5) is 29.1. The summed E-state index contributed by atoms with van der Waals surface area (Å²) in [6.45, 7) is 0. The minimum atomic E-state index is -0.698. The first kappa shape index (κ1) is 12.8. The van der Waals surface area contributed by atoms with Crippen LogP contribution in [0, 0.1) is 0 Å². The van der Waals surface area contributed by atoms with Crippen LogP contribution in [0.4, 0.5) is 0 Å². The van der Waals surface area contributed by atoms with Crippen LogP contribution in [0.2, 0.25) is 0 Å². The molecule has 0 saturated carbocycles. The van der Waals surface area contributed by atoms with Gasteiger partial charge in [-0.25, -0.2) is 4.99 Å². The molecule has 1 aromatic heterocycles. The molecule has 2 heterocycles. The van der Waals surface area contributed by atoms with Crippen molar-refractivity contribution < 1.29 is 20.5 Å². The minimum Gasteiger partial charge on any atom is -0.412 e. The van der Waals surface area contributed by atoms with Crippen LogP contribution in [-0.2, 0) is 9.59 Å². The van der Waals surface area contributed by atoms with Crippen LogP contribution in [0.3, 0.4) is 0 Å². The van der Waals surface area contributed by atoms with Crippen molar-refractivity contribution >= 4 is 28.7 Å². The number of aromatic amines is 1. The summed E-state index contributed by atoms with van der Waals surface area (Å²) in [6.07, 6.45) is 3.11. The number of amides is 1. The molecule has 88 valence electrons. The van der Waals surface area contributed by atoms with E-state index in [1.165, 1.54) is 6.08 Å². The van der Waals surface area contributed by atoms with Crippen molar-refractivity contribution in [1.82, 2.24) is 4.98 Å². The third-order valence-corrected chi connectivity index (χ3v) is 2.45. The number of H-pyrrole nitrogens is 1. The fourth-order valence-corrected chi connectivity index (χ4v) is 1.74. The molecule has 5 N–H and O–H groups in total. The summed E-state index contributed by atoms with van der Waals surface area (Å²) in [5.41, 5.74) is 0.910. The lowest BCUT2D eigenvalue weighted by Gasteiger charge is -1.98. The first-order chi connectivity index (χ1) is 7.25. The van der Waals surface area contributed by atoms with Gasteiger partial charge < -0.3 is 15.9 Å². The number of Topliss-reactive ketones (excluding diaryl/α,β-unsaturated/α-hetero) is 1.